The molecule has 0 aromatic heterocycles. The summed E-state index contributed by atoms with van der Waals surface area (Å²) < 4.78 is 5.51. The Hall–Kier alpha value is -1.55. The fourth-order valence-electron chi connectivity index (χ4n) is 3.37. The van der Waals surface area contributed by atoms with E-state index in [4.69, 9.17) is 4.74 Å². The number of nitrogens with zero attached hydrogens (tertiary/aromatic N) is 1. The van der Waals surface area contributed by atoms with Gasteiger partial charge in [0.2, 0.25) is 5.91 Å². The van der Waals surface area contributed by atoms with Crippen LogP contribution in [0.25, 0.3) is 0 Å². The van der Waals surface area contributed by atoms with Gasteiger partial charge in [-0.15, -0.1) is 0 Å². The molecule has 0 aliphatic carbocycles. The van der Waals surface area contributed by atoms with E-state index in [0.29, 0.717) is 5.91 Å². The number of nitrogens with one attached hydrogen (secondary N) is 1. The monoisotopic (exact) mass is 318 g/mol. The van der Waals surface area contributed by atoms with E-state index < -0.39 is 0 Å². The van der Waals surface area contributed by atoms with Gasteiger partial charge in [0.05, 0.1) is 13.2 Å². The molecule has 2 rings (SSSR count). The third-order valence-corrected chi connectivity index (χ3v) is 4.77. The first kappa shape index (κ1) is 17.8. The third-order valence-electron chi connectivity index (χ3n) is 4.77. The van der Waals surface area contributed by atoms with Crippen LogP contribution < -0.4 is 10.1 Å². The summed E-state index contributed by atoms with van der Waals surface area (Å²) in [5.74, 6) is 1.31. The molecule has 1 N–H and O–H groups in total. The summed E-state index contributed by atoms with van der Waals surface area (Å²) in [6.07, 6.45) is 4.17. The molecule has 0 bridgehead atoms. The average Bonchev–Trinajstić information content (AvgIpc) is 2.62. The van der Waals surface area contributed by atoms with Gasteiger partial charge in [-0.2, -0.15) is 0 Å². The lowest BCUT2D eigenvalue weighted by atomic mass is 9.94. The molecule has 4 nitrogen and oxygen atoms in total. The zero-order valence-electron chi connectivity index (χ0n) is 14.7. The number of piperazine rings is 1. The highest BCUT2D eigenvalue weighted by Crippen LogP contribution is 2.32. The van der Waals surface area contributed by atoms with E-state index in [1.54, 1.807) is 7.11 Å². The summed E-state index contributed by atoms with van der Waals surface area (Å²) in [7, 11) is 1.69. The molecule has 1 aromatic carbocycles. The van der Waals surface area contributed by atoms with Gasteiger partial charge in [0, 0.05) is 31.1 Å². The van der Waals surface area contributed by atoms with Crippen molar-refractivity contribution in [3.05, 3.63) is 29.8 Å². The summed E-state index contributed by atoms with van der Waals surface area (Å²) in [4.78, 5) is 15.1. The molecule has 1 heterocycles. The van der Waals surface area contributed by atoms with E-state index in [-0.39, 0.29) is 12.0 Å². The van der Waals surface area contributed by atoms with E-state index in [1.807, 2.05) is 18.2 Å². The van der Waals surface area contributed by atoms with Gasteiger partial charge in [0.25, 0.3) is 0 Å². The van der Waals surface area contributed by atoms with Crippen molar-refractivity contribution >= 4 is 5.91 Å². The number of carbonyl (C=O) groups is 1. The molecule has 23 heavy (non-hydrogen) atoms. The van der Waals surface area contributed by atoms with Gasteiger partial charge in [-0.3, -0.25) is 4.79 Å². The number of unbranched alkanes of at least 4 members (excludes halogenated alkanes) is 1. The standard InChI is InChI=1S/C19H30N2O2/c1-4-6-9-15(5-2)19(22)21-13-12-20-14-17(21)16-10-7-8-11-18(16)23-3/h7-8,10-11,15,17,20H,4-6,9,12-14H2,1-3H3. The zero-order chi connectivity index (χ0) is 16.7. The van der Waals surface area contributed by atoms with E-state index in [0.717, 1.165) is 56.6 Å². The fourth-order valence-corrected chi connectivity index (χ4v) is 3.37. The quantitative estimate of drug-likeness (QED) is 0.838. The molecule has 1 aliphatic heterocycles. The number of benzene rings is 1. The van der Waals surface area contributed by atoms with Gasteiger partial charge >= 0.3 is 0 Å². The number of ether oxygens (including phenoxy) is 1. The maximum absolute atomic E-state index is 13.1. The third kappa shape index (κ3) is 4.25. The van der Waals surface area contributed by atoms with Gasteiger partial charge in [0.1, 0.15) is 5.75 Å². The number of amides is 1. The van der Waals surface area contributed by atoms with Crippen molar-refractivity contribution in [3.8, 4) is 5.75 Å². The van der Waals surface area contributed by atoms with Crippen LogP contribution in [0.5, 0.6) is 5.75 Å². The summed E-state index contributed by atoms with van der Waals surface area (Å²) >= 11 is 0. The van der Waals surface area contributed by atoms with Gasteiger partial charge in [-0.05, 0) is 18.9 Å². The molecular weight excluding hydrogens is 288 g/mol. The molecule has 1 aliphatic rings. The Morgan fingerprint density at radius 1 is 1.39 bits per heavy atom. The molecule has 2 atom stereocenters. The minimum absolute atomic E-state index is 0.0584. The summed E-state index contributed by atoms with van der Waals surface area (Å²) in [6.45, 7) is 6.72. The number of carbonyl (C=O) groups excluding carboxylic acids is 1. The highest BCUT2D eigenvalue weighted by molar-refractivity contribution is 5.79. The molecule has 128 valence electrons. The summed E-state index contributed by atoms with van der Waals surface area (Å²) in [5, 5.41) is 3.42. The lowest BCUT2D eigenvalue weighted by Crippen LogP contribution is -2.50. The fraction of sp³-hybridized carbons (Fsp3) is 0.632. The molecule has 1 saturated heterocycles. The topological polar surface area (TPSA) is 41.6 Å². The van der Waals surface area contributed by atoms with E-state index in [1.165, 1.54) is 0 Å². The normalized spacial score (nSPS) is 19.4. The highest BCUT2D eigenvalue weighted by Gasteiger charge is 2.32. The minimum Gasteiger partial charge on any atom is -0.496 e. The Labute approximate surface area is 140 Å². The van der Waals surface area contributed by atoms with Crippen LogP contribution in [0.4, 0.5) is 0 Å². The first-order valence-electron chi connectivity index (χ1n) is 8.87. The van der Waals surface area contributed by atoms with Crippen molar-refractivity contribution in [2.75, 3.05) is 26.7 Å². The van der Waals surface area contributed by atoms with Crippen molar-refractivity contribution in [3.63, 3.8) is 0 Å². The Morgan fingerprint density at radius 2 is 2.17 bits per heavy atom. The van der Waals surface area contributed by atoms with Crippen molar-refractivity contribution in [2.24, 2.45) is 5.92 Å². The average molecular weight is 318 g/mol. The smallest absolute Gasteiger partial charge is 0.226 e. The molecule has 0 saturated carbocycles. The van der Waals surface area contributed by atoms with Crippen LogP contribution in [-0.4, -0.2) is 37.6 Å². The van der Waals surface area contributed by atoms with Crippen LogP contribution in [0.2, 0.25) is 0 Å². The van der Waals surface area contributed by atoms with Crippen LogP contribution >= 0.6 is 0 Å². The second-order valence-electron chi connectivity index (χ2n) is 6.24. The Kier molecular flexibility index (Phi) is 6.90. The van der Waals surface area contributed by atoms with Crippen LogP contribution in [0, 0.1) is 5.92 Å². The Bertz CT molecular complexity index is 504. The number of methoxy groups -OCH3 is 1. The van der Waals surface area contributed by atoms with Crippen molar-refractivity contribution in [1.29, 1.82) is 0 Å². The molecule has 0 spiro atoms. The van der Waals surface area contributed by atoms with Crippen LogP contribution in [0.3, 0.4) is 0 Å². The van der Waals surface area contributed by atoms with E-state index in [2.05, 4.69) is 30.1 Å². The molecule has 1 aromatic rings. The van der Waals surface area contributed by atoms with Gasteiger partial charge < -0.3 is 15.0 Å². The Balaban J connectivity index is 2.22. The van der Waals surface area contributed by atoms with E-state index in [9.17, 15) is 4.79 Å². The van der Waals surface area contributed by atoms with Crippen molar-refractivity contribution in [1.82, 2.24) is 10.2 Å². The molecule has 1 fully saturated rings. The summed E-state index contributed by atoms with van der Waals surface area (Å²) in [5.41, 5.74) is 1.10. The number of rotatable bonds is 7. The highest BCUT2D eigenvalue weighted by atomic mass is 16.5. The number of hydrogen-bond acceptors (Lipinski definition) is 3. The van der Waals surface area contributed by atoms with Crippen molar-refractivity contribution in [2.45, 2.75) is 45.6 Å². The van der Waals surface area contributed by atoms with Gasteiger partial charge in [-0.1, -0.05) is 44.9 Å². The van der Waals surface area contributed by atoms with Crippen LogP contribution in [-0.2, 0) is 4.79 Å². The van der Waals surface area contributed by atoms with Gasteiger partial charge in [-0.25, -0.2) is 0 Å². The largest absolute Gasteiger partial charge is 0.496 e. The second kappa shape index (κ2) is 8.92. The van der Waals surface area contributed by atoms with Crippen LogP contribution in [0.15, 0.2) is 24.3 Å². The molecule has 1 amide bonds. The maximum Gasteiger partial charge on any atom is 0.226 e. The maximum atomic E-state index is 13.1. The number of para-hydroxylation sites is 1. The molecular formula is C19H30N2O2. The van der Waals surface area contributed by atoms with Crippen LogP contribution in [0.1, 0.15) is 51.1 Å². The molecule has 0 radical (unpaired) electrons. The predicted molar refractivity (Wildman–Crippen MR) is 93.6 cm³/mol. The first-order valence-corrected chi connectivity index (χ1v) is 8.87. The summed E-state index contributed by atoms with van der Waals surface area (Å²) in [6, 6.07) is 8.10. The Morgan fingerprint density at radius 3 is 2.87 bits per heavy atom. The van der Waals surface area contributed by atoms with Gasteiger partial charge in [0.15, 0.2) is 0 Å². The zero-order valence-corrected chi connectivity index (χ0v) is 14.7. The van der Waals surface area contributed by atoms with E-state index >= 15 is 0 Å². The number of hydrogen-bond donors (Lipinski definition) is 1. The van der Waals surface area contributed by atoms with Crippen molar-refractivity contribution < 1.29 is 9.53 Å². The lowest BCUT2D eigenvalue weighted by Gasteiger charge is -2.39. The predicted octanol–water partition coefficient (Wildman–Crippen LogP) is 3.38. The second-order valence-corrected chi connectivity index (χ2v) is 6.24. The lowest BCUT2D eigenvalue weighted by molar-refractivity contribution is -0.139. The minimum atomic E-state index is 0.0584. The SMILES string of the molecule is CCCCC(CC)C(=O)N1CCNCC1c1ccccc1OC. The molecule has 2 unspecified atom stereocenters. The molecule has 4 heteroatoms. The first-order chi connectivity index (χ1) is 11.2.